The molecule has 1 aliphatic carbocycles. The maximum atomic E-state index is 12.9. The molecule has 1 amide bonds. The smallest absolute Gasteiger partial charge is 0.416 e. The predicted octanol–water partition coefficient (Wildman–Crippen LogP) is 3.71. The van der Waals surface area contributed by atoms with E-state index in [0.29, 0.717) is 24.8 Å². The number of amides is 1. The van der Waals surface area contributed by atoms with Gasteiger partial charge in [-0.25, -0.2) is 9.63 Å². The Balaban J connectivity index is 1.35. The molecule has 0 aromatic heterocycles. The Bertz CT molecular complexity index is 1350. The lowest BCUT2D eigenvalue weighted by Crippen LogP contribution is -2.31. The van der Waals surface area contributed by atoms with Gasteiger partial charge in [0.1, 0.15) is 30.8 Å². The number of rotatable bonds is 17. The molecule has 0 saturated heterocycles. The minimum absolute atomic E-state index is 0.0436. The van der Waals surface area contributed by atoms with Gasteiger partial charge in [0.15, 0.2) is 0 Å². The number of esters is 1. The number of aliphatic hydroxyl groups excluding tert-OH is 3. The first-order valence-corrected chi connectivity index (χ1v) is 14.9. The molecular weight excluding hydrogens is 629 g/mol. The summed E-state index contributed by atoms with van der Waals surface area (Å²) in [5, 5.41) is 50.4. The number of hydrogen-bond acceptors (Lipinski definition) is 11. The van der Waals surface area contributed by atoms with E-state index in [-0.39, 0.29) is 55.9 Å². The molecule has 6 N–H and O–H groups in total. The Morgan fingerprint density at radius 2 is 1.79 bits per heavy atom. The third-order valence-electron chi connectivity index (χ3n) is 7.31. The number of benzene rings is 2. The molecule has 3 rings (SSSR count). The van der Waals surface area contributed by atoms with Crippen LogP contribution < -0.4 is 14.8 Å². The summed E-state index contributed by atoms with van der Waals surface area (Å²) in [5.74, 6) is -1.70. The molecule has 1 saturated carbocycles. The first-order chi connectivity index (χ1) is 22.3. The zero-order valence-corrected chi connectivity index (χ0v) is 25.3. The molecule has 0 radical (unpaired) electrons. The van der Waals surface area contributed by atoms with Crippen LogP contribution in [0.3, 0.4) is 0 Å². The van der Waals surface area contributed by atoms with Gasteiger partial charge in [-0.3, -0.25) is 15.2 Å². The van der Waals surface area contributed by atoms with Crippen molar-refractivity contribution < 1.29 is 62.8 Å². The maximum Gasteiger partial charge on any atom is 0.416 e. The van der Waals surface area contributed by atoms with E-state index in [4.69, 9.17) is 19.9 Å². The van der Waals surface area contributed by atoms with Gasteiger partial charge in [0.25, 0.3) is 0 Å². The van der Waals surface area contributed by atoms with E-state index < -0.39 is 47.3 Å². The molecule has 12 nitrogen and oxygen atoms in total. The summed E-state index contributed by atoms with van der Waals surface area (Å²) in [7, 11) is 0. The quantitative estimate of drug-likeness (QED) is 0.0476. The number of unbranched alkanes of at least 4 members (excludes halogenated alkanes) is 1. The van der Waals surface area contributed by atoms with Crippen molar-refractivity contribution in [3.63, 3.8) is 0 Å². The van der Waals surface area contributed by atoms with Crippen LogP contribution in [0.4, 0.5) is 13.2 Å². The molecule has 1 aliphatic rings. The molecular formula is C32H39F3N2O10. The number of alkyl halides is 3. The first-order valence-electron chi connectivity index (χ1n) is 14.9. The van der Waals surface area contributed by atoms with E-state index in [1.165, 1.54) is 30.3 Å². The van der Waals surface area contributed by atoms with Gasteiger partial charge in [-0.05, 0) is 61.1 Å². The van der Waals surface area contributed by atoms with Crippen molar-refractivity contribution in [2.45, 2.75) is 63.2 Å². The van der Waals surface area contributed by atoms with E-state index in [9.17, 15) is 38.1 Å². The van der Waals surface area contributed by atoms with Gasteiger partial charge in [0.2, 0.25) is 5.91 Å². The van der Waals surface area contributed by atoms with Crippen LogP contribution in [0.5, 0.6) is 11.5 Å². The van der Waals surface area contributed by atoms with Gasteiger partial charge >= 0.3 is 12.1 Å². The number of hydrogen-bond donors (Lipinski definition) is 6. The van der Waals surface area contributed by atoms with E-state index in [1.54, 1.807) is 18.2 Å². The van der Waals surface area contributed by atoms with Crippen LogP contribution in [-0.4, -0.2) is 74.5 Å². The number of allylic oxidation sites excluding steroid dienone is 2. The van der Waals surface area contributed by atoms with Crippen molar-refractivity contribution in [3.05, 3.63) is 84.0 Å². The monoisotopic (exact) mass is 668 g/mol. The molecule has 47 heavy (non-hydrogen) atoms. The summed E-state index contributed by atoms with van der Waals surface area (Å²) in [5.41, 5.74) is -0.362. The van der Waals surface area contributed by atoms with Crippen LogP contribution in [0.2, 0.25) is 0 Å². The van der Waals surface area contributed by atoms with Crippen molar-refractivity contribution in [3.8, 4) is 11.5 Å². The summed E-state index contributed by atoms with van der Waals surface area (Å²) >= 11 is 0. The normalized spacial score (nSPS) is 20.6. The highest BCUT2D eigenvalue weighted by atomic mass is 19.4. The van der Waals surface area contributed by atoms with Gasteiger partial charge in [0.05, 0.1) is 29.8 Å². The van der Waals surface area contributed by atoms with E-state index in [2.05, 4.69) is 10.2 Å². The first kappa shape index (κ1) is 37.6. The highest BCUT2D eigenvalue weighted by Gasteiger charge is 2.39. The summed E-state index contributed by atoms with van der Waals surface area (Å²) in [6.07, 6.45) is 1.12. The van der Waals surface area contributed by atoms with E-state index >= 15 is 0 Å². The number of carbonyl (C=O) groups excluding carboxylic acids is 2. The summed E-state index contributed by atoms with van der Waals surface area (Å²) in [6, 6.07) is 10.5. The van der Waals surface area contributed by atoms with Gasteiger partial charge in [-0.1, -0.05) is 42.5 Å². The van der Waals surface area contributed by atoms with Gasteiger partial charge in [-0.2, -0.15) is 13.2 Å². The fourth-order valence-electron chi connectivity index (χ4n) is 4.97. The molecule has 5 atom stereocenters. The van der Waals surface area contributed by atoms with Crippen LogP contribution in [0, 0.1) is 11.8 Å². The Morgan fingerprint density at radius 3 is 2.53 bits per heavy atom. The fourth-order valence-corrected chi connectivity index (χ4v) is 4.97. The number of nitrogens with zero attached hydrogens (tertiary/aromatic N) is 1. The van der Waals surface area contributed by atoms with Gasteiger partial charge in [-0.15, -0.1) is 0 Å². The Labute approximate surface area is 269 Å². The van der Waals surface area contributed by atoms with Crippen LogP contribution in [-0.2, 0) is 27.2 Å². The Hall–Kier alpha value is -3.83. The van der Waals surface area contributed by atoms with Crippen LogP contribution in [0.25, 0.3) is 0 Å². The second-order valence-corrected chi connectivity index (χ2v) is 10.9. The minimum Gasteiger partial charge on any atom is -0.491 e. The molecule has 0 heterocycles. The van der Waals surface area contributed by atoms with Crippen molar-refractivity contribution in [2.24, 2.45) is 11.8 Å². The molecule has 0 aliphatic heterocycles. The average molecular weight is 669 g/mol. The fraction of sp³-hybridized carbons (Fsp3) is 0.438. The van der Waals surface area contributed by atoms with E-state index in [1.807, 2.05) is 12.2 Å². The molecule has 1 fully saturated rings. The lowest BCUT2D eigenvalue weighted by atomic mass is 9.89. The van der Waals surface area contributed by atoms with Crippen LogP contribution in [0.1, 0.15) is 43.2 Å². The SMILES string of the molecule is O=C(CCC/C=C\C[C@@H]1[C@@H](/C=C/[C@@H](O)COc2cccc(C(F)(F)F)c2)[C@H](O)C[C@@H]1O)NCC(=O)Oc1cccc(CON(O)O)c1. The minimum atomic E-state index is -4.52. The maximum absolute atomic E-state index is 12.9. The molecule has 0 unspecified atom stereocenters. The number of nitrogens with one attached hydrogen (secondary N) is 1. The molecule has 15 heteroatoms. The summed E-state index contributed by atoms with van der Waals surface area (Å²) in [6.45, 7) is -0.829. The van der Waals surface area contributed by atoms with Crippen molar-refractivity contribution in [1.29, 1.82) is 0 Å². The Morgan fingerprint density at radius 1 is 1.04 bits per heavy atom. The standard InChI is InChI=1S/C32H39F3N2O10/c33-32(34,35)22-8-6-9-24(16-22)45-20-23(38)13-14-27-26(28(39)17-29(27)40)11-3-1-2-4-12-30(41)36-18-31(42)47-25-10-5-7-21(15-25)19-46-37(43)44/h1,3,5-10,13-16,23,26-29,38-40,43-44H,2,4,11-12,17-20H2,(H,36,41)/b3-1-,14-13+/t23-,26-,27-,28+,29-/m1/s1. The zero-order valence-electron chi connectivity index (χ0n) is 25.3. The van der Waals surface area contributed by atoms with Gasteiger partial charge < -0.3 is 30.1 Å². The van der Waals surface area contributed by atoms with Crippen LogP contribution in [0.15, 0.2) is 72.8 Å². The average Bonchev–Trinajstić information content (AvgIpc) is 3.29. The molecule has 2 aromatic carbocycles. The van der Waals surface area contributed by atoms with Crippen molar-refractivity contribution >= 4 is 11.9 Å². The summed E-state index contributed by atoms with van der Waals surface area (Å²) in [4.78, 5) is 28.7. The van der Waals surface area contributed by atoms with Crippen LogP contribution >= 0.6 is 0 Å². The van der Waals surface area contributed by atoms with Crippen molar-refractivity contribution in [2.75, 3.05) is 13.2 Å². The lowest BCUT2D eigenvalue weighted by molar-refractivity contribution is -0.497. The molecule has 0 spiro atoms. The van der Waals surface area contributed by atoms with E-state index in [0.717, 1.165) is 12.1 Å². The zero-order chi connectivity index (χ0) is 34.4. The molecule has 2 aromatic rings. The van der Waals surface area contributed by atoms with Gasteiger partial charge in [0, 0.05) is 18.8 Å². The summed E-state index contributed by atoms with van der Waals surface area (Å²) < 4.78 is 49.1. The van der Waals surface area contributed by atoms with Crippen molar-refractivity contribution in [1.82, 2.24) is 10.7 Å². The highest BCUT2D eigenvalue weighted by Crippen LogP contribution is 2.36. The largest absolute Gasteiger partial charge is 0.491 e. The second-order valence-electron chi connectivity index (χ2n) is 10.9. The third kappa shape index (κ3) is 13.4. The number of aliphatic hydroxyl groups is 3. The Kier molecular flexibility index (Phi) is 14.8. The topological polar surface area (TPSA) is 178 Å². The predicted molar refractivity (Wildman–Crippen MR) is 159 cm³/mol. The molecule has 258 valence electrons. The second kappa shape index (κ2) is 18.5. The third-order valence-corrected chi connectivity index (χ3v) is 7.31. The highest BCUT2D eigenvalue weighted by molar-refractivity contribution is 5.82. The molecule has 0 bridgehead atoms. The number of ether oxygens (including phenoxy) is 2. The number of carbonyl (C=O) groups is 2. The number of halogens is 3. The lowest BCUT2D eigenvalue weighted by Gasteiger charge is -2.19.